The van der Waals surface area contributed by atoms with Crippen LogP contribution >= 0.6 is 0 Å². The molecule has 2 heteroatoms. The lowest BCUT2D eigenvalue weighted by Gasteiger charge is -2.39. The highest BCUT2D eigenvalue weighted by atomic mass is 16.3. The summed E-state index contributed by atoms with van der Waals surface area (Å²) in [6, 6.07) is 12.6. The number of nitrogens with zero attached hydrogens (tertiary/aromatic N) is 1. The predicted octanol–water partition coefficient (Wildman–Crippen LogP) is 2.18. The van der Waals surface area contributed by atoms with E-state index in [1.54, 1.807) is 0 Å². The lowest BCUT2D eigenvalue weighted by molar-refractivity contribution is -0.276. The SMILES string of the molecule is C/C=c1\ccc2ccccc2\c1=C(/[O-])N(C(C)C)C(C)C. The van der Waals surface area contributed by atoms with Crippen LogP contribution in [0, 0.1) is 0 Å². The summed E-state index contributed by atoms with van der Waals surface area (Å²) in [4.78, 5) is 1.95. The monoisotopic (exact) mass is 282 g/mol. The number of hydrogen-bond acceptors (Lipinski definition) is 2. The average Bonchev–Trinajstić information content (AvgIpc) is 2.45. The van der Waals surface area contributed by atoms with Gasteiger partial charge in [0.15, 0.2) is 0 Å². The highest BCUT2D eigenvalue weighted by Crippen LogP contribution is 2.12. The Hall–Kier alpha value is -1.96. The van der Waals surface area contributed by atoms with Gasteiger partial charge in [-0.3, -0.25) is 0 Å². The molecule has 2 aromatic rings. The largest absolute Gasteiger partial charge is 0.860 e. The predicted molar refractivity (Wildman–Crippen MR) is 88.9 cm³/mol. The molecule has 0 heterocycles. The molecule has 0 unspecified atom stereocenters. The van der Waals surface area contributed by atoms with E-state index in [4.69, 9.17) is 0 Å². The molecule has 0 aliphatic heterocycles. The highest BCUT2D eigenvalue weighted by Gasteiger charge is 2.12. The van der Waals surface area contributed by atoms with Gasteiger partial charge in [-0.2, -0.15) is 0 Å². The highest BCUT2D eigenvalue weighted by molar-refractivity contribution is 5.84. The molecule has 0 spiro atoms. The summed E-state index contributed by atoms with van der Waals surface area (Å²) in [5, 5.41) is 17.1. The van der Waals surface area contributed by atoms with E-state index in [2.05, 4.69) is 39.8 Å². The van der Waals surface area contributed by atoms with Crippen LogP contribution in [0.2, 0.25) is 0 Å². The lowest BCUT2D eigenvalue weighted by atomic mass is 10.1. The van der Waals surface area contributed by atoms with Crippen molar-refractivity contribution in [3.63, 3.8) is 0 Å². The lowest BCUT2D eigenvalue weighted by Crippen LogP contribution is -2.46. The maximum Gasteiger partial charge on any atom is 0.0225 e. The Balaban J connectivity index is 2.94. The van der Waals surface area contributed by atoms with E-state index in [1.165, 1.54) is 0 Å². The Morgan fingerprint density at radius 1 is 1.00 bits per heavy atom. The molecule has 0 aliphatic rings. The zero-order valence-electron chi connectivity index (χ0n) is 13.6. The van der Waals surface area contributed by atoms with Gasteiger partial charge in [0.1, 0.15) is 0 Å². The fourth-order valence-electron chi connectivity index (χ4n) is 2.96. The molecule has 2 nitrogen and oxygen atoms in total. The normalized spacial score (nSPS) is 14.1. The van der Waals surface area contributed by atoms with E-state index in [0.29, 0.717) is 0 Å². The van der Waals surface area contributed by atoms with Crippen molar-refractivity contribution in [3.8, 4) is 0 Å². The smallest absolute Gasteiger partial charge is 0.0225 e. The van der Waals surface area contributed by atoms with Gasteiger partial charge in [0.2, 0.25) is 0 Å². The van der Waals surface area contributed by atoms with Crippen LogP contribution in [0.15, 0.2) is 36.4 Å². The average molecular weight is 282 g/mol. The molecule has 2 rings (SSSR count). The second-order valence-electron chi connectivity index (χ2n) is 5.94. The van der Waals surface area contributed by atoms with Crippen LogP contribution in [-0.2, 0) is 0 Å². The molecule has 0 saturated carbocycles. The molecular weight excluding hydrogens is 258 g/mol. The van der Waals surface area contributed by atoms with Crippen LogP contribution in [0.3, 0.4) is 0 Å². The van der Waals surface area contributed by atoms with Gasteiger partial charge in [0, 0.05) is 12.1 Å². The molecule has 0 bridgehead atoms. The van der Waals surface area contributed by atoms with Crippen molar-refractivity contribution in [2.24, 2.45) is 0 Å². The van der Waals surface area contributed by atoms with E-state index in [-0.39, 0.29) is 18.0 Å². The standard InChI is InChI=1S/C19H25NO/c1-6-15-11-12-16-9-7-8-10-17(16)18(15)19(21)20(13(2)3)14(4)5/h6-14,21H,1-5H3/p-1/b15-6+,19-18-. The van der Waals surface area contributed by atoms with E-state index in [0.717, 1.165) is 21.2 Å². The first-order valence-electron chi connectivity index (χ1n) is 7.61. The van der Waals surface area contributed by atoms with Crippen molar-refractivity contribution in [2.45, 2.75) is 46.7 Å². The molecule has 0 N–H and O–H groups in total. The van der Waals surface area contributed by atoms with Gasteiger partial charge in [-0.05, 0) is 61.7 Å². The number of hydrogen-bond donors (Lipinski definition) is 0. The summed E-state index contributed by atoms with van der Waals surface area (Å²) in [5.74, 6) is 0.116. The minimum Gasteiger partial charge on any atom is -0.860 e. The Morgan fingerprint density at radius 2 is 1.62 bits per heavy atom. The van der Waals surface area contributed by atoms with Gasteiger partial charge in [-0.25, -0.2) is 0 Å². The first-order chi connectivity index (χ1) is 9.97. The zero-order valence-corrected chi connectivity index (χ0v) is 13.6. The van der Waals surface area contributed by atoms with Crippen LogP contribution in [0.25, 0.3) is 22.7 Å². The molecule has 0 aromatic heterocycles. The van der Waals surface area contributed by atoms with Crippen molar-refractivity contribution in [1.82, 2.24) is 4.90 Å². The second-order valence-corrected chi connectivity index (χ2v) is 5.94. The molecule has 2 aromatic carbocycles. The van der Waals surface area contributed by atoms with Crippen LogP contribution in [0.5, 0.6) is 0 Å². The van der Waals surface area contributed by atoms with E-state index in [9.17, 15) is 5.11 Å². The van der Waals surface area contributed by atoms with Gasteiger partial charge in [-0.1, -0.05) is 42.5 Å². The fourth-order valence-corrected chi connectivity index (χ4v) is 2.96. The third kappa shape index (κ3) is 2.90. The van der Waals surface area contributed by atoms with Crippen LogP contribution in [0.1, 0.15) is 34.6 Å². The molecule has 0 atom stereocenters. The van der Waals surface area contributed by atoms with Crippen molar-refractivity contribution < 1.29 is 5.11 Å². The molecule has 0 fully saturated rings. The topological polar surface area (TPSA) is 26.3 Å². The summed E-state index contributed by atoms with van der Waals surface area (Å²) in [5.41, 5.74) is 0. The maximum atomic E-state index is 13.1. The summed E-state index contributed by atoms with van der Waals surface area (Å²) in [7, 11) is 0. The summed E-state index contributed by atoms with van der Waals surface area (Å²) >= 11 is 0. The summed E-state index contributed by atoms with van der Waals surface area (Å²) in [6.07, 6.45) is 2.01. The molecule has 0 radical (unpaired) electrons. The van der Waals surface area contributed by atoms with Gasteiger partial charge in [-0.15, -0.1) is 0 Å². The van der Waals surface area contributed by atoms with Crippen LogP contribution < -0.4 is 15.5 Å². The van der Waals surface area contributed by atoms with Gasteiger partial charge < -0.3 is 10.0 Å². The quantitative estimate of drug-likeness (QED) is 0.862. The first-order valence-corrected chi connectivity index (χ1v) is 7.61. The van der Waals surface area contributed by atoms with Crippen molar-refractivity contribution in [3.05, 3.63) is 46.8 Å². The Labute approximate surface area is 127 Å². The van der Waals surface area contributed by atoms with E-state index < -0.39 is 0 Å². The van der Waals surface area contributed by atoms with E-state index >= 15 is 0 Å². The molecule has 0 saturated heterocycles. The zero-order chi connectivity index (χ0) is 15.6. The molecule has 112 valence electrons. The third-order valence-corrected chi connectivity index (χ3v) is 3.83. The van der Waals surface area contributed by atoms with Crippen molar-refractivity contribution in [2.75, 3.05) is 0 Å². The van der Waals surface area contributed by atoms with Crippen molar-refractivity contribution in [1.29, 1.82) is 0 Å². The number of rotatable bonds is 3. The number of fused-ring (bicyclic) bond motifs is 1. The minimum absolute atomic E-state index is 0.116. The first kappa shape index (κ1) is 15.4. The van der Waals surface area contributed by atoms with E-state index in [1.807, 2.05) is 42.2 Å². The molecule has 0 aliphatic carbocycles. The summed E-state index contributed by atoms with van der Waals surface area (Å²) in [6.45, 7) is 10.3. The van der Waals surface area contributed by atoms with Crippen molar-refractivity contribution >= 4 is 22.7 Å². The van der Waals surface area contributed by atoms with Gasteiger partial charge in [0.05, 0.1) is 0 Å². The third-order valence-electron chi connectivity index (χ3n) is 3.83. The molecular formula is C19H24NO-. The minimum atomic E-state index is 0.116. The summed E-state index contributed by atoms with van der Waals surface area (Å²) < 4.78 is 0. The number of benzene rings is 2. The Bertz CT molecular complexity index is 736. The fraction of sp³-hybridized carbons (Fsp3) is 0.368. The van der Waals surface area contributed by atoms with Crippen LogP contribution in [0.4, 0.5) is 0 Å². The Kier molecular flexibility index (Phi) is 4.56. The second kappa shape index (κ2) is 6.21. The van der Waals surface area contributed by atoms with Gasteiger partial charge in [0.25, 0.3) is 0 Å². The Morgan fingerprint density at radius 3 is 2.19 bits per heavy atom. The molecule has 0 amide bonds. The van der Waals surface area contributed by atoms with Gasteiger partial charge >= 0.3 is 0 Å². The maximum absolute atomic E-state index is 13.1. The molecule has 21 heavy (non-hydrogen) atoms. The van der Waals surface area contributed by atoms with Crippen LogP contribution in [-0.4, -0.2) is 17.0 Å².